The van der Waals surface area contributed by atoms with E-state index < -0.39 is 26.6 Å². The van der Waals surface area contributed by atoms with E-state index in [1.165, 1.54) is 18.3 Å². The molecule has 1 N–H and O–H groups in total. The van der Waals surface area contributed by atoms with Crippen LogP contribution in [0.15, 0.2) is 41.4 Å². The van der Waals surface area contributed by atoms with Gasteiger partial charge in [-0.3, -0.25) is 9.71 Å². The molecule has 0 spiro atoms. The van der Waals surface area contributed by atoms with Gasteiger partial charge in [0.15, 0.2) is 4.90 Å². The van der Waals surface area contributed by atoms with Gasteiger partial charge in [0.05, 0.1) is 5.69 Å². The van der Waals surface area contributed by atoms with Crippen LogP contribution in [0.25, 0.3) is 0 Å². The predicted octanol–water partition coefficient (Wildman–Crippen LogP) is 2.47. The van der Waals surface area contributed by atoms with E-state index in [-0.39, 0.29) is 5.69 Å². The Morgan fingerprint density at radius 3 is 2.37 bits per heavy atom. The van der Waals surface area contributed by atoms with E-state index in [1.54, 1.807) is 6.92 Å². The van der Waals surface area contributed by atoms with Crippen molar-refractivity contribution in [2.24, 2.45) is 0 Å². The normalized spacial score (nSPS) is 11.3. The van der Waals surface area contributed by atoms with E-state index >= 15 is 0 Å². The molecule has 1 aromatic heterocycles. The number of sulfonamides is 1. The van der Waals surface area contributed by atoms with Crippen LogP contribution in [0.2, 0.25) is 0 Å². The first-order valence-corrected chi connectivity index (χ1v) is 6.78. The van der Waals surface area contributed by atoms with Crippen LogP contribution in [0, 0.1) is 18.6 Å². The predicted molar refractivity (Wildman–Crippen MR) is 66.1 cm³/mol. The van der Waals surface area contributed by atoms with Crippen LogP contribution in [0.5, 0.6) is 0 Å². The Balaban J connectivity index is 2.44. The zero-order chi connectivity index (χ0) is 14.0. The van der Waals surface area contributed by atoms with Gasteiger partial charge < -0.3 is 0 Å². The summed E-state index contributed by atoms with van der Waals surface area (Å²) in [7, 11) is -4.32. The molecule has 2 aromatic rings. The molecule has 0 bridgehead atoms. The van der Waals surface area contributed by atoms with Gasteiger partial charge in [0.25, 0.3) is 10.0 Å². The number of aromatic nitrogens is 1. The summed E-state index contributed by atoms with van der Waals surface area (Å²) in [5.74, 6) is -2.28. The number of benzene rings is 1. The van der Waals surface area contributed by atoms with Crippen molar-refractivity contribution in [3.05, 3.63) is 53.9 Å². The zero-order valence-corrected chi connectivity index (χ0v) is 10.7. The molecule has 100 valence electrons. The summed E-state index contributed by atoms with van der Waals surface area (Å²) in [5, 5.41) is 0. The lowest BCUT2D eigenvalue weighted by molar-refractivity contribution is 0.521. The standard InChI is InChI=1S/C12H10F2N2O2S/c1-8-7-9(5-6-15-8)16-19(17,18)12-10(13)3-2-4-11(12)14/h2-7H,1H3,(H,15,16). The third-order valence-corrected chi connectivity index (χ3v) is 3.77. The molecule has 0 aliphatic carbocycles. The summed E-state index contributed by atoms with van der Waals surface area (Å²) >= 11 is 0. The molecule has 0 saturated carbocycles. The maximum atomic E-state index is 13.5. The van der Waals surface area contributed by atoms with Gasteiger partial charge in [-0.1, -0.05) is 6.07 Å². The van der Waals surface area contributed by atoms with Crippen LogP contribution in [0.4, 0.5) is 14.5 Å². The van der Waals surface area contributed by atoms with Gasteiger partial charge in [-0.15, -0.1) is 0 Å². The molecule has 0 aliphatic rings. The third-order valence-electron chi connectivity index (χ3n) is 2.34. The largest absolute Gasteiger partial charge is 0.279 e. The van der Waals surface area contributed by atoms with Crippen molar-refractivity contribution in [1.29, 1.82) is 0 Å². The highest BCUT2D eigenvalue weighted by molar-refractivity contribution is 7.92. The maximum absolute atomic E-state index is 13.5. The van der Waals surface area contributed by atoms with E-state index in [9.17, 15) is 17.2 Å². The minimum Gasteiger partial charge on any atom is -0.279 e. The molecule has 0 saturated heterocycles. The number of rotatable bonds is 3. The second-order valence-electron chi connectivity index (χ2n) is 3.84. The SMILES string of the molecule is Cc1cc(NS(=O)(=O)c2c(F)cccc2F)ccn1. The Kier molecular flexibility index (Phi) is 3.48. The number of hydrogen-bond acceptors (Lipinski definition) is 3. The van der Waals surface area contributed by atoms with Crippen molar-refractivity contribution in [2.75, 3.05) is 4.72 Å². The van der Waals surface area contributed by atoms with E-state index in [0.717, 1.165) is 18.2 Å². The summed E-state index contributed by atoms with van der Waals surface area (Å²) in [6.45, 7) is 1.67. The van der Waals surface area contributed by atoms with Crippen LogP contribution < -0.4 is 4.72 Å². The number of halogens is 2. The second kappa shape index (κ2) is 4.93. The molecule has 4 nitrogen and oxygen atoms in total. The van der Waals surface area contributed by atoms with E-state index in [4.69, 9.17) is 0 Å². The Bertz CT molecular complexity index is 697. The summed E-state index contributed by atoms with van der Waals surface area (Å²) in [6, 6.07) is 5.71. The molecule has 0 atom stereocenters. The summed E-state index contributed by atoms with van der Waals surface area (Å²) in [4.78, 5) is 2.90. The van der Waals surface area contributed by atoms with Crippen LogP contribution in [0.1, 0.15) is 5.69 Å². The number of nitrogens with zero attached hydrogens (tertiary/aromatic N) is 1. The number of hydrogen-bond donors (Lipinski definition) is 1. The Hall–Kier alpha value is -2.02. The molecule has 1 aromatic carbocycles. The first-order chi connectivity index (χ1) is 8.90. The first-order valence-electron chi connectivity index (χ1n) is 5.29. The highest BCUT2D eigenvalue weighted by atomic mass is 32.2. The van der Waals surface area contributed by atoms with Crippen molar-refractivity contribution >= 4 is 15.7 Å². The average molecular weight is 284 g/mol. The van der Waals surface area contributed by atoms with E-state index in [1.807, 2.05) is 0 Å². The van der Waals surface area contributed by atoms with Gasteiger partial charge in [-0.2, -0.15) is 0 Å². The van der Waals surface area contributed by atoms with E-state index in [0.29, 0.717) is 5.69 Å². The zero-order valence-electron chi connectivity index (χ0n) is 9.89. The van der Waals surface area contributed by atoms with Crippen LogP contribution >= 0.6 is 0 Å². The highest BCUT2D eigenvalue weighted by Crippen LogP contribution is 2.21. The van der Waals surface area contributed by atoms with Gasteiger partial charge in [0.2, 0.25) is 0 Å². The van der Waals surface area contributed by atoms with Gasteiger partial charge in [-0.25, -0.2) is 17.2 Å². The fourth-order valence-corrected chi connectivity index (χ4v) is 2.74. The minimum atomic E-state index is -4.32. The minimum absolute atomic E-state index is 0.190. The van der Waals surface area contributed by atoms with Crippen LogP contribution in [-0.2, 0) is 10.0 Å². The van der Waals surface area contributed by atoms with Crippen molar-refractivity contribution in [2.45, 2.75) is 11.8 Å². The molecule has 0 amide bonds. The second-order valence-corrected chi connectivity index (χ2v) is 5.46. The summed E-state index contributed by atoms with van der Waals surface area (Å²) < 4.78 is 52.9. The molecule has 1 heterocycles. The Morgan fingerprint density at radius 1 is 1.16 bits per heavy atom. The van der Waals surface area contributed by atoms with Crippen molar-refractivity contribution in [3.8, 4) is 0 Å². The lowest BCUT2D eigenvalue weighted by atomic mass is 10.3. The lowest BCUT2D eigenvalue weighted by Crippen LogP contribution is -2.16. The summed E-state index contributed by atoms with van der Waals surface area (Å²) in [5.41, 5.74) is 0.768. The smallest absolute Gasteiger partial charge is 0.267 e. The molecule has 2 rings (SSSR count). The number of nitrogens with one attached hydrogen (secondary N) is 1. The molecule has 0 fully saturated rings. The first kappa shape index (κ1) is 13.4. The number of anilines is 1. The summed E-state index contributed by atoms with van der Waals surface area (Å²) in [6.07, 6.45) is 1.39. The third kappa shape index (κ3) is 2.87. The van der Waals surface area contributed by atoms with Gasteiger partial charge >= 0.3 is 0 Å². The van der Waals surface area contributed by atoms with E-state index in [2.05, 4.69) is 9.71 Å². The van der Waals surface area contributed by atoms with Gasteiger partial charge in [0, 0.05) is 11.9 Å². The van der Waals surface area contributed by atoms with Gasteiger partial charge in [0.1, 0.15) is 11.6 Å². The topological polar surface area (TPSA) is 59.1 Å². The highest BCUT2D eigenvalue weighted by Gasteiger charge is 2.23. The Labute approximate surface area is 109 Å². The van der Waals surface area contributed by atoms with Gasteiger partial charge in [-0.05, 0) is 31.2 Å². The molecule has 19 heavy (non-hydrogen) atoms. The number of aryl methyl sites for hydroxylation is 1. The van der Waals surface area contributed by atoms with Crippen molar-refractivity contribution < 1.29 is 17.2 Å². The molecular weight excluding hydrogens is 274 g/mol. The average Bonchev–Trinajstić information content (AvgIpc) is 2.27. The molecular formula is C12H10F2N2O2S. The fraction of sp³-hybridized carbons (Fsp3) is 0.0833. The quantitative estimate of drug-likeness (QED) is 0.942. The fourth-order valence-electron chi connectivity index (χ4n) is 1.55. The maximum Gasteiger partial charge on any atom is 0.267 e. The lowest BCUT2D eigenvalue weighted by Gasteiger charge is -2.09. The molecule has 7 heteroatoms. The monoisotopic (exact) mass is 284 g/mol. The number of pyridine rings is 1. The molecule has 0 unspecified atom stereocenters. The Morgan fingerprint density at radius 2 is 1.79 bits per heavy atom. The van der Waals surface area contributed by atoms with Crippen molar-refractivity contribution in [3.63, 3.8) is 0 Å². The van der Waals surface area contributed by atoms with Crippen LogP contribution in [-0.4, -0.2) is 13.4 Å². The molecule has 0 aliphatic heterocycles. The van der Waals surface area contributed by atoms with Crippen molar-refractivity contribution in [1.82, 2.24) is 4.98 Å². The van der Waals surface area contributed by atoms with Crippen LogP contribution in [0.3, 0.4) is 0 Å². The molecule has 0 radical (unpaired) electrons.